The fraction of sp³-hybridized carbons (Fsp3) is 0.444. The molecule has 9 nitrogen and oxygen atoms in total. The zero-order chi connectivity index (χ0) is 27.3. The first-order valence-electron chi connectivity index (χ1n) is 12.5. The largest absolute Gasteiger partial charge is 0.378 e. The average molecular weight is 531 g/mol. The van der Waals surface area contributed by atoms with Crippen LogP contribution in [0.1, 0.15) is 11.1 Å². The molecule has 4 N–H and O–H groups in total. The molecule has 38 heavy (non-hydrogen) atoms. The maximum absolute atomic E-state index is 14.2. The fourth-order valence-corrected chi connectivity index (χ4v) is 5.00. The lowest BCUT2D eigenvalue weighted by molar-refractivity contribution is -0.157. The summed E-state index contributed by atoms with van der Waals surface area (Å²) in [5.74, 6) is -3.80. The highest BCUT2D eigenvalue weighted by molar-refractivity contribution is 5.96. The second kappa shape index (κ2) is 12.0. The number of carbonyl (C=O) groups excluding carboxylic acids is 3. The molecule has 204 valence electrons. The van der Waals surface area contributed by atoms with Gasteiger partial charge >= 0.3 is 0 Å². The van der Waals surface area contributed by atoms with Crippen LogP contribution >= 0.6 is 0 Å². The summed E-state index contributed by atoms with van der Waals surface area (Å²) in [5.41, 5.74) is 11.9. The molecule has 1 unspecified atom stereocenters. The number of halogens is 2. The summed E-state index contributed by atoms with van der Waals surface area (Å²) in [5, 5.41) is 0. The van der Waals surface area contributed by atoms with Crippen molar-refractivity contribution < 1.29 is 32.6 Å². The van der Waals surface area contributed by atoms with Gasteiger partial charge in [0.25, 0.3) is 0 Å². The number of nitrogens with zero attached hydrogens (tertiary/aromatic N) is 2. The van der Waals surface area contributed by atoms with Gasteiger partial charge in [-0.05, 0) is 41.8 Å². The Morgan fingerprint density at radius 2 is 1.45 bits per heavy atom. The van der Waals surface area contributed by atoms with Crippen molar-refractivity contribution in [3.8, 4) is 0 Å². The molecule has 4 rings (SSSR count). The first-order chi connectivity index (χ1) is 18.2. The van der Waals surface area contributed by atoms with Crippen LogP contribution in [0.3, 0.4) is 0 Å². The van der Waals surface area contributed by atoms with Gasteiger partial charge in [0.1, 0.15) is 23.2 Å². The van der Waals surface area contributed by atoms with Gasteiger partial charge in [0.2, 0.25) is 17.7 Å². The molecular weight excluding hydrogens is 498 g/mol. The van der Waals surface area contributed by atoms with Crippen molar-refractivity contribution in [1.82, 2.24) is 9.80 Å². The number of nitrogens with two attached hydrogens (primary N) is 2. The van der Waals surface area contributed by atoms with Crippen LogP contribution in [-0.2, 0) is 36.7 Å². The Bertz CT molecular complexity index is 1140. The summed E-state index contributed by atoms with van der Waals surface area (Å²) < 4.78 is 38.1. The Morgan fingerprint density at radius 3 is 2.03 bits per heavy atom. The lowest BCUT2D eigenvalue weighted by atomic mass is 9.74. The fourth-order valence-electron chi connectivity index (χ4n) is 5.00. The summed E-state index contributed by atoms with van der Waals surface area (Å²) in [7, 11) is 0. The van der Waals surface area contributed by atoms with Crippen LogP contribution in [0.4, 0.5) is 8.78 Å². The van der Waals surface area contributed by atoms with E-state index in [2.05, 4.69) is 0 Å². The maximum Gasteiger partial charge on any atom is 0.243 e. The molecule has 0 spiro atoms. The third-order valence-electron chi connectivity index (χ3n) is 7.12. The zero-order valence-corrected chi connectivity index (χ0v) is 21.0. The first kappa shape index (κ1) is 27.6. The molecule has 2 aliphatic heterocycles. The highest BCUT2D eigenvalue weighted by atomic mass is 19.1. The zero-order valence-electron chi connectivity index (χ0n) is 21.0. The number of morpholine rings is 2. The predicted molar refractivity (Wildman–Crippen MR) is 134 cm³/mol. The van der Waals surface area contributed by atoms with Gasteiger partial charge < -0.3 is 30.7 Å². The van der Waals surface area contributed by atoms with Crippen molar-refractivity contribution in [3.05, 3.63) is 71.3 Å². The van der Waals surface area contributed by atoms with Crippen molar-refractivity contribution >= 4 is 17.7 Å². The van der Waals surface area contributed by atoms with E-state index >= 15 is 0 Å². The summed E-state index contributed by atoms with van der Waals surface area (Å²) in [6, 6.07) is 10.1. The van der Waals surface area contributed by atoms with Gasteiger partial charge in [-0.15, -0.1) is 0 Å². The first-order valence-corrected chi connectivity index (χ1v) is 12.5. The summed E-state index contributed by atoms with van der Waals surface area (Å²) >= 11 is 0. The molecule has 0 aliphatic carbocycles. The van der Waals surface area contributed by atoms with E-state index < -0.39 is 46.9 Å². The van der Waals surface area contributed by atoms with Gasteiger partial charge in [-0.1, -0.05) is 24.3 Å². The van der Waals surface area contributed by atoms with Crippen LogP contribution < -0.4 is 11.5 Å². The Hall–Kier alpha value is -3.41. The molecule has 2 aliphatic rings. The Morgan fingerprint density at radius 1 is 0.895 bits per heavy atom. The Kier molecular flexibility index (Phi) is 8.70. The lowest BCUT2D eigenvalue weighted by Gasteiger charge is -2.44. The van der Waals surface area contributed by atoms with Crippen LogP contribution in [0.25, 0.3) is 0 Å². The summed E-state index contributed by atoms with van der Waals surface area (Å²) in [6.45, 7) is 1.43. The highest BCUT2D eigenvalue weighted by Crippen LogP contribution is 2.30. The molecule has 2 heterocycles. The number of ether oxygens (including phenoxy) is 2. The van der Waals surface area contributed by atoms with Crippen molar-refractivity contribution in [2.75, 3.05) is 46.1 Å². The normalized spacial score (nSPS) is 20.4. The third kappa shape index (κ3) is 6.17. The minimum absolute atomic E-state index is 0.00424. The van der Waals surface area contributed by atoms with Gasteiger partial charge in [-0.3, -0.25) is 14.4 Å². The van der Waals surface area contributed by atoms with Gasteiger partial charge in [0.15, 0.2) is 0 Å². The Labute approximate surface area is 219 Å². The van der Waals surface area contributed by atoms with E-state index in [1.165, 1.54) is 53.4 Å². The monoisotopic (exact) mass is 530 g/mol. The molecular formula is C27H32F2N4O5. The number of benzene rings is 2. The molecule has 2 aromatic carbocycles. The van der Waals surface area contributed by atoms with Gasteiger partial charge in [-0.2, -0.15) is 0 Å². The number of primary amides is 1. The van der Waals surface area contributed by atoms with Crippen LogP contribution in [0.5, 0.6) is 0 Å². The van der Waals surface area contributed by atoms with E-state index in [0.717, 1.165) is 0 Å². The lowest BCUT2D eigenvalue weighted by Crippen LogP contribution is -2.67. The average Bonchev–Trinajstić information content (AvgIpc) is 2.93. The van der Waals surface area contributed by atoms with E-state index in [-0.39, 0.29) is 32.6 Å². The van der Waals surface area contributed by atoms with E-state index in [0.29, 0.717) is 37.4 Å². The standard InChI is InChI=1S/C27H32F2N4O5/c28-20-5-1-18(2-6-20)15-22(25(35)33-11-14-38-17-23(33)24(30)34)27(31,16-19-3-7-21(29)8-4-19)26(36)32-9-12-37-13-10-32/h1-8,22-23H,9-17,31H2,(H2,30,34)/t22-,23?,27+/m1/s1. The van der Waals surface area contributed by atoms with Gasteiger partial charge in [0, 0.05) is 26.1 Å². The molecule has 0 aromatic heterocycles. The predicted octanol–water partition coefficient (Wildman–Crippen LogP) is 0.635. The maximum atomic E-state index is 14.2. The molecule has 3 atom stereocenters. The molecule has 2 aromatic rings. The van der Waals surface area contributed by atoms with Crippen LogP contribution in [0.15, 0.2) is 48.5 Å². The second-order valence-corrected chi connectivity index (χ2v) is 9.66. The van der Waals surface area contributed by atoms with Crippen LogP contribution in [0, 0.1) is 17.6 Å². The number of carbonyl (C=O) groups is 3. The third-order valence-corrected chi connectivity index (χ3v) is 7.12. The SMILES string of the molecule is NC(=O)C1COCCN1C(=O)[C@@H](Cc1ccc(F)cc1)[C@@](N)(Cc1ccc(F)cc1)C(=O)N1CCOCC1. The smallest absolute Gasteiger partial charge is 0.243 e. The number of rotatable bonds is 8. The van der Waals surface area contributed by atoms with E-state index in [1.807, 2.05) is 0 Å². The van der Waals surface area contributed by atoms with Crippen LogP contribution in [-0.4, -0.2) is 85.2 Å². The second-order valence-electron chi connectivity index (χ2n) is 9.66. The van der Waals surface area contributed by atoms with E-state index in [4.69, 9.17) is 20.9 Å². The number of amides is 3. The molecule has 0 bridgehead atoms. The van der Waals surface area contributed by atoms with Crippen molar-refractivity contribution in [2.24, 2.45) is 17.4 Å². The van der Waals surface area contributed by atoms with E-state index in [9.17, 15) is 23.2 Å². The van der Waals surface area contributed by atoms with Crippen molar-refractivity contribution in [2.45, 2.75) is 24.4 Å². The van der Waals surface area contributed by atoms with Crippen molar-refractivity contribution in [1.29, 1.82) is 0 Å². The molecule has 2 fully saturated rings. The summed E-state index contributed by atoms with van der Waals surface area (Å²) in [6.07, 6.45) is -0.0810. The molecule has 11 heteroatoms. The molecule has 3 amide bonds. The van der Waals surface area contributed by atoms with Crippen molar-refractivity contribution in [3.63, 3.8) is 0 Å². The quantitative estimate of drug-likeness (QED) is 0.516. The highest BCUT2D eigenvalue weighted by Gasteiger charge is 2.50. The minimum atomic E-state index is -1.79. The number of hydrogen-bond donors (Lipinski definition) is 2. The van der Waals surface area contributed by atoms with E-state index in [1.54, 1.807) is 4.90 Å². The molecule has 0 saturated carbocycles. The van der Waals surface area contributed by atoms with Gasteiger partial charge in [0.05, 0.1) is 32.3 Å². The molecule has 2 saturated heterocycles. The topological polar surface area (TPSA) is 128 Å². The summed E-state index contributed by atoms with van der Waals surface area (Å²) in [4.78, 5) is 43.4. The van der Waals surface area contributed by atoms with Gasteiger partial charge in [-0.25, -0.2) is 8.78 Å². The molecule has 0 radical (unpaired) electrons. The Balaban J connectivity index is 1.79. The minimum Gasteiger partial charge on any atom is -0.378 e. The van der Waals surface area contributed by atoms with Crippen LogP contribution in [0.2, 0.25) is 0 Å². The number of hydrogen-bond acceptors (Lipinski definition) is 6.